The minimum atomic E-state index is -4.89. The Morgan fingerprint density at radius 2 is 1.75 bits per heavy atom. The Morgan fingerprint density at radius 3 is 2.39 bits per heavy atom. The van der Waals surface area contributed by atoms with Crippen LogP contribution in [0.15, 0.2) is 52.9 Å². The van der Waals surface area contributed by atoms with E-state index in [1.165, 1.54) is 30.3 Å². The fourth-order valence-electron chi connectivity index (χ4n) is 4.11. The van der Waals surface area contributed by atoms with Crippen LogP contribution in [0.5, 0.6) is 5.75 Å². The van der Waals surface area contributed by atoms with E-state index in [4.69, 9.17) is 16.0 Å². The maximum atomic E-state index is 15.1. The number of fused-ring (bicyclic) bond motifs is 1. The maximum absolute atomic E-state index is 15.1. The van der Waals surface area contributed by atoms with Crippen molar-refractivity contribution in [2.24, 2.45) is 0 Å². The summed E-state index contributed by atoms with van der Waals surface area (Å²) in [6, 6.07) is 8.46. The zero-order valence-corrected chi connectivity index (χ0v) is 19.5. The first-order valence-electron chi connectivity index (χ1n) is 11.1. The molecule has 4 rings (SSSR count). The molecular weight excluding hydrogens is 511 g/mol. The minimum absolute atomic E-state index is 0.0551. The number of carbonyl (C=O) groups is 1. The summed E-state index contributed by atoms with van der Waals surface area (Å²) in [6.07, 6.45) is -4.63. The van der Waals surface area contributed by atoms with Crippen LogP contribution >= 0.6 is 11.6 Å². The van der Waals surface area contributed by atoms with Crippen molar-refractivity contribution in [2.75, 3.05) is 19.6 Å². The van der Waals surface area contributed by atoms with Crippen LogP contribution in [0.25, 0.3) is 11.0 Å². The number of halogens is 6. The summed E-state index contributed by atoms with van der Waals surface area (Å²) < 4.78 is 76.4. The number of nitrogens with one attached hydrogen (secondary N) is 1. The first-order valence-corrected chi connectivity index (χ1v) is 11.4. The molecule has 12 heteroatoms. The maximum Gasteiger partial charge on any atom is 0.573 e. The number of ether oxygens (including phenoxy) is 1. The van der Waals surface area contributed by atoms with Gasteiger partial charge in [0.25, 0.3) is 5.91 Å². The van der Waals surface area contributed by atoms with Gasteiger partial charge >= 0.3 is 12.3 Å². The van der Waals surface area contributed by atoms with Crippen molar-refractivity contribution in [1.82, 2.24) is 10.2 Å². The number of likely N-dealkylation sites (tertiary alicyclic amines) is 1. The number of benzene rings is 2. The van der Waals surface area contributed by atoms with E-state index in [0.29, 0.717) is 23.5 Å². The third-order valence-corrected chi connectivity index (χ3v) is 6.11. The third-order valence-electron chi connectivity index (χ3n) is 5.88. The van der Waals surface area contributed by atoms with Gasteiger partial charge in [-0.3, -0.25) is 4.79 Å². The van der Waals surface area contributed by atoms with Crippen molar-refractivity contribution in [2.45, 2.75) is 37.3 Å². The van der Waals surface area contributed by atoms with Gasteiger partial charge < -0.3 is 24.5 Å². The normalized spacial score (nSPS) is 16.8. The molecule has 194 valence electrons. The molecule has 1 fully saturated rings. The van der Waals surface area contributed by atoms with Gasteiger partial charge in [-0.05, 0) is 67.9 Å². The Morgan fingerprint density at radius 1 is 1.08 bits per heavy atom. The fourth-order valence-corrected chi connectivity index (χ4v) is 4.29. The van der Waals surface area contributed by atoms with E-state index >= 15 is 8.78 Å². The predicted octanol–water partition coefficient (Wildman–Crippen LogP) is 5.39. The predicted molar refractivity (Wildman–Crippen MR) is 121 cm³/mol. The summed E-state index contributed by atoms with van der Waals surface area (Å²) in [4.78, 5) is 14.6. The Labute approximate surface area is 207 Å². The number of amides is 1. The molecule has 1 amide bonds. The molecule has 0 spiro atoms. The molecule has 1 aliphatic rings. The topological polar surface area (TPSA) is 74.9 Å². The average Bonchev–Trinajstić information content (AvgIpc) is 3.47. The van der Waals surface area contributed by atoms with Crippen LogP contribution in [0.4, 0.5) is 22.0 Å². The van der Waals surface area contributed by atoms with E-state index in [9.17, 15) is 23.1 Å². The number of nitrogens with zero attached hydrogens (tertiary/aromatic N) is 1. The molecule has 6 nitrogen and oxygen atoms in total. The summed E-state index contributed by atoms with van der Waals surface area (Å²) >= 11 is 5.88. The summed E-state index contributed by atoms with van der Waals surface area (Å²) in [6.45, 7) is 1.36. The van der Waals surface area contributed by atoms with Gasteiger partial charge in [-0.2, -0.15) is 8.78 Å². The van der Waals surface area contributed by atoms with Crippen molar-refractivity contribution in [3.63, 3.8) is 0 Å². The highest BCUT2D eigenvalue weighted by Gasteiger charge is 2.46. The van der Waals surface area contributed by atoms with Crippen molar-refractivity contribution < 1.29 is 41.0 Å². The van der Waals surface area contributed by atoms with E-state index in [1.54, 1.807) is 0 Å². The van der Waals surface area contributed by atoms with Gasteiger partial charge in [-0.1, -0.05) is 23.7 Å². The van der Waals surface area contributed by atoms with Gasteiger partial charge in [-0.15, -0.1) is 13.2 Å². The van der Waals surface area contributed by atoms with Crippen LogP contribution < -0.4 is 10.1 Å². The SMILES string of the molecule is O=C(N[C@H](CN1CCCC1)[C@@H](O)c1ccc(OC(F)(F)F)cc1)C(F)(F)c1cc2cc(Cl)ccc2o1. The van der Waals surface area contributed by atoms with Gasteiger partial charge in [-0.25, -0.2) is 0 Å². The van der Waals surface area contributed by atoms with Crippen LogP contribution in [-0.2, 0) is 10.7 Å². The van der Waals surface area contributed by atoms with Crippen LogP contribution in [-0.4, -0.2) is 48.0 Å². The fraction of sp³-hybridized carbons (Fsp3) is 0.375. The second-order valence-corrected chi connectivity index (χ2v) is 8.95. The van der Waals surface area contributed by atoms with Crippen LogP contribution in [0.2, 0.25) is 5.02 Å². The minimum Gasteiger partial charge on any atom is -0.454 e. The molecule has 2 N–H and O–H groups in total. The lowest BCUT2D eigenvalue weighted by molar-refractivity contribution is -0.274. The molecule has 3 aromatic rings. The third kappa shape index (κ3) is 6.08. The number of aliphatic hydroxyl groups excluding tert-OH is 1. The highest BCUT2D eigenvalue weighted by Crippen LogP contribution is 2.35. The quantitative estimate of drug-likeness (QED) is 0.381. The summed E-state index contributed by atoms with van der Waals surface area (Å²) in [5, 5.41) is 13.7. The van der Waals surface area contributed by atoms with Crippen molar-refractivity contribution in [3.8, 4) is 5.75 Å². The molecule has 2 heterocycles. The first kappa shape index (κ1) is 26.2. The molecule has 2 aromatic carbocycles. The largest absolute Gasteiger partial charge is 0.573 e. The number of alkyl halides is 5. The Hall–Kier alpha value is -2.89. The Bertz CT molecular complexity index is 1210. The van der Waals surface area contributed by atoms with E-state index in [2.05, 4.69) is 10.1 Å². The summed E-state index contributed by atoms with van der Waals surface area (Å²) in [7, 11) is 0. The molecule has 0 radical (unpaired) electrons. The number of rotatable bonds is 8. The van der Waals surface area contributed by atoms with Crippen molar-refractivity contribution in [3.05, 3.63) is 64.9 Å². The molecule has 0 unspecified atom stereocenters. The second kappa shape index (κ2) is 10.2. The molecular formula is C24H22ClF5N2O4. The summed E-state index contributed by atoms with van der Waals surface area (Å²) in [5.74, 6) is -7.15. The van der Waals surface area contributed by atoms with Crippen LogP contribution in [0.3, 0.4) is 0 Å². The standard InChI is InChI=1S/C24H22ClF5N2O4/c25-16-5-8-19-15(11-16)12-20(35-19)23(26,27)22(34)31-18(13-32-9-1-2-10-32)21(33)14-3-6-17(7-4-14)36-24(28,29)30/h3-8,11-12,18,21,33H,1-2,9-10,13H2,(H,31,34)/t18-,21+/m1/s1. The molecule has 1 aromatic heterocycles. The molecule has 1 saturated heterocycles. The molecule has 0 bridgehead atoms. The zero-order valence-electron chi connectivity index (χ0n) is 18.7. The average molecular weight is 533 g/mol. The lowest BCUT2D eigenvalue weighted by Gasteiger charge is -2.29. The highest BCUT2D eigenvalue weighted by molar-refractivity contribution is 6.31. The smallest absolute Gasteiger partial charge is 0.454 e. The van der Waals surface area contributed by atoms with Gasteiger partial charge in [0, 0.05) is 17.0 Å². The van der Waals surface area contributed by atoms with Crippen LogP contribution in [0.1, 0.15) is 30.3 Å². The van der Waals surface area contributed by atoms with Gasteiger partial charge in [0.2, 0.25) is 0 Å². The lowest BCUT2D eigenvalue weighted by atomic mass is 10.0. The van der Waals surface area contributed by atoms with Gasteiger partial charge in [0.05, 0.1) is 6.04 Å². The number of hydrogen-bond donors (Lipinski definition) is 2. The number of carbonyl (C=O) groups excluding carboxylic acids is 1. The molecule has 0 saturated carbocycles. The number of aliphatic hydroxyl groups is 1. The molecule has 36 heavy (non-hydrogen) atoms. The van der Waals surface area contributed by atoms with Gasteiger partial charge in [0.15, 0.2) is 5.76 Å². The van der Waals surface area contributed by atoms with Crippen molar-refractivity contribution >= 4 is 28.5 Å². The first-order chi connectivity index (χ1) is 16.9. The Kier molecular flexibility index (Phi) is 7.44. The second-order valence-electron chi connectivity index (χ2n) is 8.52. The van der Waals surface area contributed by atoms with E-state index in [-0.39, 0.29) is 17.7 Å². The van der Waals surface area contributed by atoms with E-state index in [0.717, 1.165) is 31.0 Å². The van der Waals surface area contributed by atoms with Crippen LogP contribution in [0, 0.1) is 0 Å². The number of hydrogen-bond acceptors (Lipinski definition) is 5. The lowest BCUT2D eigenvalue weighted by Crippen LogP contribution is -2.50. The van der Waals surface area contributed by atoms with E-state index in [1.807, 2.05) is 4.90 Å². The highest BCUT2D eigenvalue weighted by atomic mass is 35.5. The summed E-state index contributed by atoms with van der Waals surface area (Å²) in [5.41, 5.74) is 0.243. The Balaban J connectivity index is 1.54. The molecule has 0 aliphatic carbocycles. The zero-order chi connectivity index (χ0) is 26.1. The molecule has 1 aliphatic heterocycles. The van der Waals surface area contributed by atoms with Crippen molar-refractivity contribution in [1.29, 1.82) is 0 Å². The van der Waals surface area contributed by atoms with Gasteiger partial charge in [0.1, 0.15) is 17.4 Å². The van der Waals surface area contributed by atoms with E-state index < -0.39 is 41.8 Å². The molecule has 2 atom stereocenters. The number of furan rings is 1. The monoisotopic (exact) mass is 532 g/mol.